The first-order valence-electron chi connectivity index (χ1n) is 4.38. The predicted octanol–water partition coefficient (Wildman–Crippen LogP) is 2.60. The van der Waals surface area contributed by atoms with Gasteiger partial charge in [0.1, 0.15) is 5.82 Å². The van der Waals surface area contributed by atoms with E-state index >= 15 is 0 Å². The number of halogens is 1. The van der Waals surface area contributed by atoms with Crippen molar-refractivity contribution in [1.29, 1.82) is 0 Å². The summed E-state index contributed by atoms with van der Waals surface area (Å²) in [6, 6.07) is 2.28. The molecule has 0 fully saturated rings. The Hall–Kier alpha value is -0.480. The maximum atomic E-state index is 5.74. The predicted molar refractivity (Wildman–Crippen MR) is 63.2 cm³/mol. The van der Waals surface area contributed by atoms with Crippen molar-refractivity contribution >= 4 is 29.2 Å². The van der Waals surface area contributed by atoms with Crippen LogP contribution in [0.3, 0.4) is 0 Å². The summed E-state index contributed by atoms with van der Waals surface area (Å²) in [6.45, 7) is 4.01. The number of thioether (sulfide) groups is 1. The molecule has 1 unspecified atom stereocenters. The van der Waals surface area contributed by atoms with Crippen molar-refractivity contribution in [3.05, 3.63) is 17.0 Å². The van der Waals surface area contributed by atoms with Crippen molar-refractivity contribution in [1.82, 2.24) is 9.97 Å². The molecule has 3 nitrogen and oxygen atoms in total. The Kier molecular flexibility index (Phi) is 4.48. The lowest BCUT2D eigenvalue weighted by atomic mass is 10.3. The van der Waals surface area contributed by atoms with Crippen molar-refractivity contribution in [2.45, 2.75) is 19.9 Å². The average Bonchev–Trinajstić information content (AvgIpc) is 2.01. The van der Waals surface area contributed by atoms with Gasteiger partial charge in [0.15, 0.2) is 0 Å². The highest BCUT2D eigenvalue weighted by Gasteiger charge is 2.03. The zero-order valence-corrected chi connectivity index (χ0v) is 10.1. The summed E-state index contributed by atoms with van der Waals surface area (Å²) >= 11 is 7.54. The molecule has 14 heavy (non-hydrogen) atoms. The molecule has 1 atom stereocenters. The Morgan fingerprint density at radius 3 is 2.86 bits per heavy atom. The minimum atomic E-state index is 0.295. The summed E-state index contributed by atoms with van der Waals surface area (Å²) in [5.41, 5.74) is 0.879. The molecule has 0 saturated heterocycles. The van der Waals surface area contributed by atoms with Gasteiger partial charge in [-0.2, -0.15) is 11.8 Å². The molecule has 78 valence electrons. The quantitative estimate of drug-likeness (QED) is 0.809. The number of aryl methyl sites for hydroxylation is 1. The molecular weight excluding hydrogens is 218 g/mol. The lowest BCUT2D eigenvalue weighted by Crippen LogP contribution is -2.18. The molecule has 0 aliphatic heterocycles. The van der Waals surface area contributed by atoms with E-state index in [-0.39, 0.29) is 0 Å². The lowest BCUT2D eigenvalue weighted by Gasteiger charge is -2.13. The molecule has 0 saturated carbocycles. The third-order valence-electron chi connectivity index (χ3n) is 1.64. The van der Waals surface area contributed by atoms with E-state index in [1.54, 1.807) is 11.8 Å². The number of nitrogens with zero attached hydrogens (tertiary/aromatic N) is 2. The molecule has 1 aromatic rings. The largest absolute Gasteiger partial charge is 0.367 e. The molecule has 1 N–H and O–H groups in total. The second kappa shape index (κ2) is 5.41. The van der Waals surface area contributed by atoms with E-state index in [4.69, 9.17) is 11.6 Å². The Labute approximate surface area is 93.7 Å². The highest BCUT2D eigenvalue weighted by Crippen LogP contribution is 2.11. The topological polar surface area (TPSA) is 37.8 Å². The number of nitrogens with one attached hydrogen (secondary N) is 1. The Bertz CT molecular complexity index is 286. The van der Waals surface area contributed by atoms with Crippen LogP contribution in [0.4, 0.5) is 5.82 Å². The molecule has 0 aromatic carbocycles. The van der Waals surface area contributed by atoms with E-state index in [2.05, 4.69) is 28.5 Å². The van der Waals surface area contributed by atoms with Gasteiger partial charge in [0, 0.05) is 23.6 Å². The van der Waals surface area contributed by atoms with Crippen LogP contribution in [0.5, 0.6) is 0 Å². The number of aromatic nitrogens is 2. The van der Waals surface area contributed by atoms with Crippen molar-refractivity contribution in [2.75, 3.05) is 17.3 Å². The van der Waals surface area contributed by atoms with Crippen LogP contribution < -0.4 is 5.32 Å². The SMILES string of the molecule is CSCC(C)Nc1cc(C)nc(Cl)n1. The third kappa shape index (κ3) is 3.72. The standard InChI is InChI=1S/C9H14ClN3S/c1-6-4-8(13-9(10)12-6)11-7(2)5-14-3/h4,7H,5H2,1-3H3,(H,11,12,13). The fourth-order valence-corrected chi connectivity index (χ4v) is 1.96. The highest BCUT2D eigenvalue weighted by molar-refractivity contribution is 7.98. The maximum Gasteiger partial charge on any atom is 0.224 e. The molecule has 5 heteroatoms. The van der Waals surface area contributed by atoms with Gasteiger partial charge in [-0.1, -0.05) is 0 Å². The van der Waals surface area contributed by atoms with Crippen LogP contribution in [0, 0.1) is 6.92 Å². The molecule has 0 aliphatic rings. The summed E-state index contributed by atoms with van der Waals surface area (Å²) in [7, 11) is 0. The summed E-state index contributed by atoms with van der Waals surface area (Å²) < 4.78 is 0. The van der Waals surface area contributed by atoms with Gasteiger partial charge in [0.2, 0.25) is 5.28 Å². The smallest absolute Gasteiger partial charge is 0.224 e. The fourth-order valence-electron chi connectivity index (χ4n) is 1.15. The molecule has 1 aromatic heterocycles. The number of hydrogen-bond acceptors (Lipinski definition) is 4. The van der Waals surface area contributed by atoms with E-state index < -0.39 is 0 Å². The minimum Gasteiger partial charge on any atom is -0.367 e. The Morgan fingerprint density at radius 1 is 1.57 bits per heavy atom. The lowest BCUT2D eigenvalue weighted by molar-refractivity contribution is 0.897. The molecule has 0 spiro atoms. The first kappa shape index (κ1) is 11.6. The summed E-state index contributed by atoms with van der Waals surface area (Å²) in [5, 5.41) is 3.56. The van der Waals surface area contributed by atoms with E-state index in [1.165, 1.54) is 0 Å². The van der Waals surface area contributed by atoms with E-state index in [1.807, 2.05) is 13.0 Å². The van der Waals surface area contributed by atoms with Gasteiger partial charge in [0.25, 0.3) is 0 Å². The summed E-state index contributed by atoms with van der Waals surface area (Å²) in [5.74, 6) is 1.84. The normalized spacial score (nSPS) is 12.6. The molecule has 0 amide bonds. The molecule has 0 radical (unpaired) electrons. The van der Waals surface area contributed by atoms with Gasteiger partial charge in [-0.05, 0) is 31.7 Å². The van der Waals surface area contributed by atoms with Crippen molar-refractivity contribution < 1.29 is 0 Å². The van der Waals surface area contributed by atoms with Crippen molar-refractivity contribution in [2.24, 2.45) is 0 Å². The minimum absolute atomic E-state index is 0.295. The molecule has 1 heterocycles. The first-order valence-corrected chi connectivity index (χ1v) is 6.15. The van der Waals surface area contributed by atoms with E-state index in [0.717, 1.165) is 17.3 Å². The van der Waals surface area contributed by atoms with Crippen LogP contribution in [0.2, 0.25) is 5.28 Å². The van der Waals surface area contributed by atoms with Crippen LogP contribution in [0.25, 0.3) is 0 Å². The van der Waals surface area contributed by atoms with E-state index in [9.17, 15) is 0 Å². The average molecular weight is 232 g/mol. The van der Waals surface area contributed by atoms with Crippen molar-refractivity contribution in [3.63, 3.8) is 0 Å². The third-order valence-corrected chi connectivity index (χ3v) is 2.64. The zero-order valence-electron chi connectivity index (χ0n) is 8.54. The summed E-state index contributed by atoms with van der Waals surface area (Å²) in [6.07, 6.45) is 2.08. The Morgan fingerprint density at radius 2 is 2.29 bits per heavy atom. The van der Waals surface area contributed by atoms with Crippen LogP contribution in [0.1, 0.15) is 12.6 Å². The van der Waals surface area contributed by atoms with Gasteiger partial charge in [0.05, 0.1) is 0 Å². The second-order valence-corrected chi connectivity index (χ2v) is 4.41. The maximum absolute atomic E-state index is 5.74. The summed E-state index contributed by atoms with van der Waals surface area (Å²) in [4.78, 5) is 8.09. The number of rotatable bonds is 4. The first-order chi connectivity index (χ1) is 6.61. The van der Waals surface area contributed by atoms with Crippen LogP contribution in [-0.4, -0.2) is 28.0 Å². The van der Waals surface area contributed by atoms with Gasteiger partial charge in [-0.15, -0.1) is 0 Å². The second-order valence-electron chi connectivity index (χ2n) is 3.16. The van der Waals surface area contributed by atoms with Crippen molar-refractivity contribution in [3.8, 4) is 0 Å². The van der Waals surface area contributed by atoms with Crippen LogP contribution in [-0.2, 0) is 0 Å². The number of hydrogen-bond donors (Lipinski definition) is 1. The van der Waals surface area contributed by atoms with Gasteiger partial charge in [-0.25, -0.2) is 9.97 Å². The zero-order chi connectivity index (χ0) is 10.6. The van der Waals surface area contributed by atoms with Gasteiger partial charge < -0.3 is 5.32 Å². The fraction of sp³-hybridized carbons (Fsp3) is 0.556. The molecule has 0 bridgehead atoms. The molecule has 1 rings (SSSR count). The molecule has 0 aliphatic carbocycles. The van der Waals surface area contributed by atoms with Crippen LogP contribution >= 0.6 is 23.4 Å². The monoisotopic (exact) mass is 231 g/mol. The highest BCUT2D eigenvalue weighted by atomic mass is 35.5. The van der Waals surface area contributed by atoms with Crippen LogP contribution in [0.15, 0.2) is 6.07 Å². The van der Waals surface area contributed by atoms with Gasteiger partial charge >= 0.3 is 0 Å². The number of anilines is 1. The molecular formula is C9H14ClN3S. The van der Waals surface area contributed by atoms with E-state index in [0.29, 0.717) is 11.3 Å². The van der Waals surface area contributed by atoms with Gasteiger partial charge in [-0.3, -0.25) is 0 Å². The Balaban J connectivity index is 2.66.